The van der Waals surface area contributed by atoms with Crippen molar-refractivity contribution in [2.75, 3.05) is 0 Å². The standard InChI is InChI=1S/C23H21ClN2/c1-15-9-16(2)11-21(10-15)26-17(3)12-19(18(26)4)13-20(14-25)22-7-5-6-8-23(22)24/h5-13H,1-4H3. The second kappa shape index (κ2) is 7.23. The maximum Gasteiger partial charge on any atom is 0.0998 e. The fourth-order valence-electron chi connectivity index (χ4n) is 3.42. The van der Waals surface area contributed by atoms with Gasteiger partial charge in [-0.05, 0) is 74.7 Å². The van der Waals surface area contributed by atoms with E-state index in [1.54, 1.807) is 6.07 Å². The summed E-state index contributed by atoms with van der Waals surface area (Å²) in [5.74, 6) is 0. The number of halogens is 1. The SMILES string of the molecule is Cc1cc(C)cc(-n2c(C)cc(C=C(C#N)c3ccccc3Cl)c2C)c1. The zero-order chi connectivity index (χ0) is 18.8. The molecule has 0 saturated carbocycles. The predicted molar refractivity (Wildman–Crippen MR) is 110 cm³/mol. The molecule has 0 unspecified atom stereocenters. The molecule has 0 aliphatic rings. The number of aromatic nitrogens is 1. The summed E-state index contributed by atoms with van der Waals surface area (Å²) in [7, 11) is 0. The van der Waals surface area contributed by atoms with Crippen molar-refractivity contribution >= 4 is 23.3 Å². The van der Waals surface area contributed by atoms with Crippen LogP contribution in [0.3, 0.4) is 0 Å². The van der Waals surface area contributed by atoms with Crippen LogP contribution in [0.15, 0.2) is 48.5 Å². The van der Waals surface area contributed by atoms with Crippen molar-refractivity contribution in [3.8, 4) is 11.8 Å². The molecule has 0 saturated heterocycles. The predicted octanol–water partition coefficient (Wildman–Crippen LogP) is 6.43. The lowest BCUT2D eigenvalue weighted by Crippen LogP contribution is -2.00. The van der Waals surface area contributed by atoms with E-state index >= 15 is 0 Å². The lowest BCUT2D eigenvalue weighted by atomic mass is 10.0. The molecule has 3 heteroatoms. The van der Waals surface area contributed by atoms with Gasteiger partial charge in [0.2, 0.25) is 0 Å². The largest absolute Gasteiger partial charge is 0.318 e. The van der Waals surface area contributed by atoms with Crippen molar-refractivity contribution in [1.82, 2.24) is 4.57 Å². The molecule has 0 spiro atoms. The van der Waals surface area contributed by atoms with E-state index < -0.39 is 0 Å². The minimum atomic E-state index is 0.566. The summed E-state index contributed by atoms with van der Waals surface area (Å²) in [5.41, 5.74) is 8.20. The molecule has 3 rings (SSSR count). The van der Waals surface area contributed by atoms with Gasteiger partial charge < -0.3 is 4.57 Å². The molecule has 1 heterocycles. The first kappa shape index (κ1) is 18.0. The third kappa shape index (κ3) is 3.45. The highest BCUT2D eigenvalue weighted by atomic mass is 35.5. The Labute approximate surface area is 160 Å². The molecular weight excluding hydrogens is 340 g/mol. The van der Waals surface area contributed by atoms with Crippen molar-refractivity contribution in [3.63, 3.8) is 0 Å². The zero-order valence-electron chi connectivity index (χ0n) is 15.5. The molecule has 0 aliphatic carbocycles. The van der Waals surface area contributed by atoms with Crippen LogP contribution in [0.5, 0.6) is 0 Å². The number of benzene rings is 2. The highest BCUT2D eigenvalue weighted by molar-refractivity contribution is 6.32. The van der Waals surface area contributed by atoms with E-state index in [2.05, 4.69) is 62.6 Å². The van der Waals surface area contributed by atoms with Gasteiger partial charge in [0, 0.05) is 27.7 Å². The van der Waals surface area contributed by atoms with Gasteiger partial charge in [-0.25, -0.2) is 0 Å². The van der Waals surface area contributed by atoms with Crippen LogP contribution in [-0.4, -0.2) is 4.57 Å². The monoisotopic (exact) mass is 360 g/mol. The molecule has 1 aromatic heterocycles. The molecule has 0 radical (unpaired) electrons. The number of hydrogen-bond donors (Lipinski definition) is 0. The summed E-state index contributed by atoms with van der Waals surface area (Å²) in [4.78, 5) is 0. The number of hydrogen-bond acceptors (Lipinski definition) is 1. The zero-order valence-corrected chi connectivity index (χ0v) is 16.2. The fourth-order valence-corrected chi connectivity index (χ4v) is 3.65. The van der Waals surface area contributed by atoms with E-state index in [0.717, 1.165) is 28.2 Å². The number of aryl methyl sites for hydroxylation is 3. The molecule has 2 nitrogen and oxygen atoms in total. The first-order chi connectivity index (χ1) is 12.4. The van der Waals surface area contributed by atoms with Gasteiger partial charge in [0.15, 0.2) is 0 Å². The van der Waals surface area contributed by atoms with Crippen molar-refractivity contribution in [3.05, 3.63) is 87.2 Å². The molecule has 0 atom stereocenters. The summed E-state index contributed by atoms with van der Waals surface area (Å²) in [6.07, 6.45) is 1.92. The molecule has 0 amide bonds. The summed E-state index contributed by atoms with van der Waals surface area (Å²) < 4.78 is 2.23. The van der Waals surface area contributed by atoms with Crippen LogP contribution in [0, 0.1) is 39.0 Å². The lowest BCUT2D eigenvalue weighted by molar-refractivity contribution is 0.960. The Bertz CT molecular complexity index is 1030. The van der Waals surface area contributed by atoms with Gasteiger partial charge >= 0.3 is 0 Å². The van der Waals surface area contributed by atoms with Crippen molar-refractivity contribution < 1.29 is 0 Å². The van der Waals surface area contributed by atoms with Crippen LogP contribution in [0.25, 0.3) is 17.3 Å². The molecule has 26 heavy (non-hydrogen) atoms. The molecule has 2 aromatic carbocycles. The van der Waals surface area contributed by atoms with Gasteiger partial charge in [-0.15, -0.1) is 0 Å². The maximum atomic E-state index is 9.64. The second-order valence-electron chi connectivity index (χ2n) is 6.66. The maximum absolute atomic E-state index is 9.64. The van der Waals surface area contributed by atoms with Gasteiger partial charge in [0.25, 0.3) is 0 Å². The smallest absolute Gasteiger partial charge is 0.0998 e. The van der Waals surface area contributed by atoms with Crippen molar-refractivity contribution in [1.29, 1.82) is 5.26 Å². The highest BCUT2D eigenvalue weighted by Gasteiger charge is 2.12. The van der Waals surface area contributed by atoms with Gasteiger partial charge in [0.05, 0.1) is 11.6 Å². The Kier molecular flexibility index (Phi) is 5.02. The second-order valence-corrected chi connectivity index (χ2v) is 7.06. The third-order valence-electron chi connectivity index (χ3n) is 4.52. The average molecular weight is 361 g/mol. The van der Waals surface area contributed by atoms with Crippen LogP contribution in [0.4, 0.5) is 0 Å². The summed E-state index contributed by atoms with van der Waals surface area (Å²) in [6.45, 7) is 8.38. The molecule has 0 fully saturated rings. The Morgan fingerprint density at radius 3 is 2.27 bits per heavy atom. The molecule has 0 bridgehead atoms. The van der Waals surface area contributed by atoms with Crippen LogP contribution in [-0.2, 0) is 0 Å². The Balaban J connectivity index is 2.14. The topological polar surface area (TPSA) is 28.7 Å². The van der Waals surface area contributed by atoms with Crippen LogP contribution < -0.4 is 0 Å². The molecule has 3 aromatic rings. The van der Waals surface area contributed by atoms with Gasteiger partial charge in [0.1, 0.15) is 0 Å². The van der Waals surface area contributed by atoms with Gasteiger partial charge in [-0.1, -0.05) is 35.9 Å². The van der Waals surface area contributed by atoms with Crippen LogP contribution >= 0.6 is 11.6 Å². The van der Waals surface area contributed by atoms with E-state index in [1.807, 2.05) is 24.3 Å². The number of nitrogens with zero attached hydrogens (tertiary/aromatic N) is 2. The Morgan fingerprint density at radius 2 is 1.65 bits per heavy atom. The first-order valence-corrected chi connectivity index (χ1v) is 8.93. The van der Waals surface area contributed by atoms with E-state index in [-0.39, 0.29) is 0 Å². The Hall–Kier alpha value is -2.76. The van der Waals surface area contributed by atoms with E-state index in [4.69, 9.17) is 11.6 Å². The number of nitriles is 1. The van der Waals surface area contributed by atoms with Crippen molar-refractivity contribution in [2.45, 2.75) is 27.7 Å². The van der Waals surface area contributed by atoms with E-state index in [1.165, 1.54) is 11.1 Å². The normalized spacial score (nSPS) is 11.5. The molecule has 0 aliphatic heterocycles. The van der Waals surface area contributed by atoms with Gasteiger partial charge in [-0.3, -0.25) is 0 Å². The van der Waals surface area contributed by atoms with E-state index in [0.29, 0.717) is 10.6 Å². The number of allylic oxidation sites excluding steroid dienone is 1. The fraction of sp³-hybridized carbons (Fsp3) is 0.174. The molecular formula is C23H21ClN2. The van der Waals surface area contributed by atoms with Gasteiger partial charge in [-0.2, -0.15) is 5.26 Å². The summed E-state index contributed by atoms with van der Waals surface area (Å²) >= 11 is 6.27. The average Bonchev–Trinajstić information content (AvgIpc) is 2.86. The minimum Gasteiger partial charge on any atom is -0.318 e. The minimum absolute atomic E-state index is 0.566. The molecule has 130 valence electrons. The van der Waals surface area contributed by atoms with Crippen LogP contribution in [0.2, 0.25) is 5.02 Å². The quantitative estimate of drug-likeness (QED) is 0.495. The third-order valence-corrected chi connectivity index (χ3v) is 4.85. The summed E-state index contributed by atoms with van der Waals surface area (Å²) in [5, 5.41) is 10.2. The van der Waals surface area contributed by atoms with Crippen molar-refractivity contribution in [2.24, 2.45) is 0 Å². The summed E-state index contributed by atoms with van der Waals surface area (Å²) in [6, 6.07) is 18.4. The Morgan fingerprint density at radius 1 is 1.00 bits per heavy atom. The highest BCUT2D eigenvalue weighted by Crippen LogP contribution is 2.28. The van der Waals surface area contributed by atoms with E-state index in [9.17, 15) is 5.26 Å². The lowest BCUT2D eigenvalue weighted by Gasteiger charge is -2.12. The van der Waals surface area contributed by atoms with Crippen LogP contribution in [0.1, 0.15) is 33.6 Å². The molecule has 0 N–H and O–H groups in total. The number of rotatable bonds is 3. The first-order valence-electron chi connectivity index (χ1n) is 8.55.